The van der Waals surface area contributed by atoms with Crippen LogP contribution in [0.3, 0.4) is 0 Å². The zero-order valence-electron chi connectivity index (χ0n) is 15.4. The number of carbonyl (C=O) groups is 2. The molecule has 0 aliphatic heterocycles. The molecule has 0 fully saturated rings. The number of benzene rings is 2. The van der Waals surface area contributed by atoms with Crippen molar-refractivity contribution in [2.24, 2.45) is 0 Å². The van der Waals surface area contributed by atoms with E-state index in [-0.39, 0.29) is 29.2 Å². The van der Waals surface area contributed by atoms with Gasteiger partial charge in [-0.15, -0.1) is 0 Å². The van der Waals surface area contributed by atoms with E-state index in [4.69, 9.17) is 9.47 Å². The van der Waals surface area contributed by atoms with E-state index in [9.17, 15) is 19.6 Å². The standard InChI is InChI=1S/C19H22BNO6/c1-12(2)27-17-7-4-13(8-18(17)26-3)10-21-19(23)14-5-6-16(20(24)25)15(9-14)11-22/h4-9,11-12,24-25H,10H2,1-3H3,(H,21,23). The molecule has 7 nitrogen and oxygen atoms in total. The summed E-state index contributed by atoms with van der Waals surface area (Å²) in [5.41, 5.74) is 1.16. The minimum atomic E-state index is -1.78. The van der Waals surface area contributed by atoms with Crippen LogP contribution in [-0.4, -0.2) is 42.6 Å². The fourth-order valence-electron chi connectivity index (χ4n) is 2.51. The maximum absolute atomic E-state index is 12.3. The minimum absolute atomic E-state index is 0.0110. The van der Waals surface area contributed by atoms with Gasteiger partial charge in [0.25, 0.3) is 5.91 Å². The van der Waals surface area contributed by atoms with Crippen LogP contribution in [-0.2, 0) is 6.54 Å². The van der Waals surface area contributed by atoms with Crippen LogP contribution in [0.5, 0.6) is 11.5 Å². The molecule has 0 unspecified atom stereocenters. The molecule has 3 N–H and O–H groups in total. The molecule has 2 aromatic rings. The van der Waals surface area contributed by atoms with Gasteiger partial charge in [-0.3, -0.25) is 9.59 Å². The Balaban J connectivity index is 2.10. The van der Waals surface area contributed by atoms with Crippen LogP contribution in [0.25, 0.3) is 0 Å². The van der Waals surface area contributed by atoms with Gasteiger partial charge in [0.2, 0.25) is 0 Å². The molecule has 2 aromatic carbocycles. The summed E-state index contributed by atoms with van der Waals surface area (Å²) in [7, 11) is -0.232. The van der Waals surface area contributed by atoms with E-state index in [0.717, 1.165) is 5.56 Å². The number of hydrogen-bond donors (Lipinski definition) is 3. The van der Waals surface area contributed by atoms with Crippen LogP contribution in [0, 0.1) is 0 Å². The van der Waals surface area contributed by atoms with Crippen molar-refractivity contribution in [3.63, 3.8) is 0 Å². The summed E-state index contributed by atoms with van der Waals surface area (Å²) in [4.78, 5) is 23.4. The zero-order chi connectivity index (χ0) is 20.0. The lowest BCUT2D eigenvalue weighted by Crippen LogP contribution is -2.33. The van der Waals surface area contributed by atoms with Gasteiger partial charge in [0.1, 0.15) is 6.29 Å². The minimum Gasteiger partial charge on any atom is -0.493 e. The first-order valence-electron chi connectivity index (χ1n) is 8.42. The Hall–Kier alpha value is -2.84. The summed E-state index contributed by atoms with van der Waals surface area (Å²) in [5.74, 6) is 0.801. The molecule has 27 heavy (non-hydrogen) atoms. The van der Waals surface area contributed by atoms with Crippen molar-refractivity contribution in [3.8, 4) is 11.5 Å². The largest absolute Gasteiger partial charge is 0.493 e. The van der Waals surface area contributed by atoms with Crippen LogP contribution in [0.2, 0.25) is 0 Å². The Morgan fingerprint density at radius 2 is 1.93 bits per heavy atom. The van der Waals surface area contributed by atoms with Crippen LogP contribution in [0.1, 0.15) is 40.1 Å². The predicted octanol–water partition coefficient (Wildman–Crippen LogP) is 0.905. The fourth-order valence-corrected chi connectivity index (χ4v) is 2.51. The van der Waals surface area contributed by atoms with Crippen LogP contribution in [0.4, 0.5) is 0 Å². The van der Waals surface area contributed by atoms with Gasteiger partial charge < -0.3 is 24.8 Å². The molecule has 0 radical (unpaired) electrons. The van der Waals surface area contributed by atoms with Gasteiger partial charge in [-0.1, -0.05) is 12.1 Å². The Kier molecular flexibility index (Phi) is 6.98. The quantitative estimate of drug-likeness (QED) is 0.471. The van der Waals surface area contributed by atoms with Gasteiger partial charge >= 0.3 is 7.12 Å². The first-order chi connectivity index (χ1) is 12.8. The first kappa shape index (κ1) is 20.5. The van der Waals surface area contributed by atoms with Crippen molar-refractivity contribution < 1.29 is 29.1 Å². The molecule has 0 heterocycles. The van der Waals surface area contributed by atoms with Gasteiger partial charge in [0.05, 0.1) is 13.2 Å². The average molecular weight is 371 g/mol. The Morgan fingerprint density at radius 3 is 2.52 bits per heavy atom. The van der Waals surface area contributed by atoms with Gasteiger partial charge in [-0.25, -0.2) is 0 Å². The van der Waals surface area contributed by atoms with Gasteiger partial charge in [-0.2, -0.15) is 0 Å². The Bertz CT molecular complexity index is 822. The molecule has 0 saturated carbocycles. The molecule has 1 amide bonds. The fraction of sp³-hybridized carbons (Fsp3) is 0.263. The number of ether oxygens (including phenoxy) is 2. The molecule has 0 saturated heterocycles. The number of methoxy groups -OCH3 is 1. The third kappa shape index (κ3) is 5.32. The van der Waals surface area contributed by atoms with E-state index in [0.29, 0.717) is 17.8 Å². The van der Waals surface area contributed by atoms with Crippen molar-refractivity contribution in [3.05, 3.63) is 53.1 Å². The highest BCUT2D eigenvalue weighted by molar-refractivity contribution is 6.60. The summed E-state index contributed by atoms with van der Waals surface area (Å²) >= 11 is 0. The summed E-state index contributed by atoms with van der Waals surface area (Å²) in [6.45, 7) is 4.09. The molecule has 0 bridgehead atoms. The molecule has 0 atom stereocenters. The second-order valence-corrected chi connectivity index (χ2v) is 6.17. The summed E-state index contributed by atoms with van der Waals surface area (Å²) in [6.07, 6.45) is 0.487. The highest BCUT2D eigenvalue weighted by atomic mass is 16.5. The molecular weight excluding hydrogens is 349 g/mol. The van der Waals surface area contributed by atoms with E-state index >= 15 is 0 Å². The number of aldehydes is 1. The molecule has 8 heteroatoms. The Morgan fingerprint density at radius 1 is 1.19 bits per heavy atom. The summed E-state index contributed by atoms with van der Waals surface area (Å²) in [6, 6.07) is 9.46. The lowest BCUT2D eigenvalue weighted by atomic mass is 9.77. The third-order valence-corrected chi connectivity index (χ3v) is 3.80. The van der Waals surface area contributed by atoms with Gasteiger partial charge in [-0.05, 0) is 49.1 Å². The molecule has 2 rings (SSSR count). The molecule has 0 aliphatic carbocycles. The number of amides is 1. The number of rotatable bonds is 8. The highest BCUT2D eigenvalue weighted by Crippen LogP contribution is 2.28. The second-order valence-electron chi connectivity index (χ2n) is 6.17. The number of nitrogens with one attached hydrogen (secondary N) is 1. The van der Waals surface area contributed by atoms with Gasteiger partial charge in [0.15, 0.2) is 11.5 Å². The molecule has 0 aromatic heterocycles. The Labute approximate surface area is 158 Å². The van der Waals surface area contributed by atoms with Crippen molar-refractivity contribution in [1.29, 1.82) is 0 Å². The van der Waals surface area contributed by atoms with Crippen LogP contribution < -0.4 is 20.3 Å². The van der Waals surface area contributed by atoms with Crippen LogP contribution in [0.15, 0.2) is 36.4 Å². The van der Waals surface area contributed by atoms with E-state index in [2.05, 4.69) is 5.32 Å². The number of hydrogen-bond acceptors (Lipinski definition) is 6. The zero-order valence-corrected chi connectivity index (χ0v) is 15.4. The van der Waals surface area contributed by atoms with Crippen LogP contribution >= 0.6 is 0 Å². The highest BCUT2D eigenvalue weighted by Gasteiger charge is 2.17. The molecule has 0 spiro atoms. The maximum Gasteiger partial charge on any atom is 0.489 e. The maximum atomic E-state index is 12.3. The third-order valence-electron chi connectivity index (χ3n) is 3.80. The number of carbonyl (C=O) groups excluding carboxylic acids is 2. The summed E-state index contributed by atoms with van der Waals surface area (Å²) in [5, 5.41) is 21.2. The van der Waals surface area contributed by atoms with Crippen molar-refractivity contribution in [2.45, 2.75) is 26.5 Å². The van der Waals surface area contributed by atoms with E-state index in [1.54, 1.807) is 19.2 Å². The van der Waals surface area contributed by atoms with Gasteiger partial charge in [0, 0.05) is 17.7 Å². The van der Waals surface area contributed by atoms with E-state index < -0.39 is 13.0 Å². The normalized spacial score (nSPS) is 10.4. The van der Waals surface area contributed by atoms with E-state index in [1.807, 2.05) is 19.9 Å². The predicted molar refractivity (Wildman–Crippen MR) is 102 cm³/mol. The van der Waals surface area contributed by atoms with E-state index in [1.165, 1.54) is 18.2 Å². The topological polar surface area (TPSA) is 105 Å². The summed E-state index contributed by atoms with van der Waals surface area (Å²) < 4.78 is 11.0. The lowest BCUT2D eigenvalue weighted by molar-refractivity contribution is 0.0951. The second kappa shape index (κ2) is 9.20. The molecule has 142 valence electrons. The van der Waals surface area contributed by atoms with Crippen molar-refractivity contribution in [2.75, 3.05) is 7.11 Å². The first-order valence-corrected chi connectivity index (χ1v) is 8.42. The average Bonchev–Trinajstić information content (AvgIpc) is 2.65. The smallest absolute Gasteiger partial charge is 0.489 e. The van der Waals surface area contributed by atoms with Crippen molar-refractivity contribution >= 4 is 24.8 Å². The lowest BCUT2D eigenvalue weighted by Gasteiger charge is -2.15. The molecular formula is C19H22BNO6. The molecule has 0 aliphatic rings. The SMILES string of the molecule is COc1cc(CNC(=O)c2ccc(B(O)O)c(C=O)c2)ccc1OC(C)C. The van der Waals surface area contributed by atoms with Crippen molar-refractivity contribution in [1.82, 2.24) is 5.32 Å². The monoisotopic (exact) mass is 371 g/mol.